The Morgan fingerprint density at radius 3 is 2.35 bits per heavy atom. The number of quaternary nitrogens is 2. The quantitative estimate of drug-likeness (QED) is 0.526. The smallest absolute Gasteiger partial charge is 0.279 e. The van der Waals surface area contributed by atoms with Gasteiger partial charge < -0.3 is 20.4 Å². The Morgan fingerprint density at radius 2 is 1.71 bits per heavy atom. The molecule has 0 bridgehead atoms. The van der Waals surface area contributed by atoms with E-state index in [-0.39, 0.29) is 17.9 Å². The van der Waals surface area contributed by atoms with Crippen molar-refractivity contribution in [3.8, 4) is 0 Å². The third-order valence-electron chi connectivity index (χ3n) is 7.80. The topological polar surface area (TPSA) is 67.1 Å². The summed E-state index contributed by atoms with van der Waals surface area (Å²) in [6.45, 7) is 14.9. The van der Waals surface area contributed by atoms with Gasteiger partial charge in [-0.15, -0.1) is 0 Å². The molecule has 1 aliphatic carbocycles. The Kier molecular flexibility index (Phi) is 8.11. The second-order valence-corrected chi connectivity index (χ2v) is 10.0. The Hall–Kier alpha value is -1.92. The van der Waals surface area contributed by atoms with Gasteiger partial charge in [0, 0.05) is 11.7 Å². The number of amides is 2. The molecule has 6 nitrogen and oxygen atoms in total. The number of carbonyl (C=O) groups excluding carboxylic acids is 2. The fraction of sp³-hybridized carbons (Fsp3) is 0.680. The van der Waals surface area contributed by atoms with Crippen LogP contribution >= 0.6 is 0 Å². The Bertz CT molecular complexity index is 753. The molecule has 1 saturated carbocycles. The number of rotatable bonds is 6. The molecule has 1 heterocycles. The van der Waals surface area contributed by atoms with Crippen LogP contribution in [0.3, 0.4) is 0 Å². The molecule has 1 saturated heterocycles. The summed E-state index contributed by atoms with van der Waals surface area (Å²) in [6, 6.07) is 6.35. The third-order valence-corrected chi connectivity index (χ3v) is 7.80. The van der Waals surface area contributed by atoms with E-state index in [0.717, 1.165) is 49.4 Å². The van der Waals surface area contributed by atoms with Gasteiger partial charge in [-0.1, -0.05) is 44.9 Å². The predicted molar refractivity (Wildman–Crippen MR) is 124 cm³/mol. The SMILES string of the molecule is Cc1cccc(C)c1NC(=O)C[NH+]1CC[NH+]([C@@H](C)C(=O)N[C@@H]2CCC[C@H](C)[C@@H]2C)CC1. The second kappa shape index (κ2) is 10.6. The lowest BCUT2D eigenvalue weighted by atomic mass is 9.78. The first-order chi connectivity index (χ1) is 14.8. The van der Waals surface area contributed by atoms with E-state index in [9.17, 15) is 9.59 Å². The summed E-state index contributed by atoms with van der Waals surface area (Å²) < 4.78 is 0. The van der Waals surface area contributed by atoms with Crippen LogP contribution in [0.4, 0.5) is 5.69 Å². The highest BCUT2D eigenvalue weighted by atomic mass is 16.2. The van der Waals surface area contributed by atoms with Crippen molar-refractivity contribution < 1.29 is 19.4 Å². The van der Waals surface area contributed by atoms with Crippen molar-refractivity contribution in [3.63, 3.8) is 0 Å². The fourth-order valence-corrected chi connectivity index (χ4v) is 5.24. The first-order valence-corrected chi connectivity index (χ1v) is 12.1. The summed E-state index contributed by atoms with van der Waals surface area (Å²) in [5, 5.41) is 6.45. The number of benzene rings is 1. The van der Waals surface area contributed by atoms with E-state index in [2.05, 4.69) is 31.4 Å². The number of aryl methyl sites for hydroxylation is 2. The molecule has 0 unspecified atom stereocenters. The molecular weight excluding hydrogens is 388 g/mol. The van der Waals surface area contributed by atoms with Crippen LogP contribution in [0.25, 0.3) is 0 Å². The number of para-hydroxylation sites is 1. The van der Waals surface area contributed by atoms with Gasteiger partial charge in [-0.3, -0.25) is 9.59 Å². The molecule has 4 N–H and O–H groups in total. The maximum absolute atomic E-state index is 12.9. The van der Waals surface area contributed by atoms with Crippen molar-refractivity contribution in [2.24, 2.45) is 11.8 Å². The van der Waals surface area contributed by atoms with Gasteiger partial charge in [-0.25, -0.2) is 0 Å². The predicted octanol–water partition coefficient (Wildman–Crippen LogP) is 0.355. The molecule has 6 heteroatoms. The molecule has 2 aliphatic rings. The van der Waals surface area contributed by atoms with Gasteiger partial charge in [-0.05, 0) is 50.2 Å². The van der Waals surface area contributed by atoms with Crippen LogP contribution in [0.1, 0.15) is 51.2 Å². The normalized spacial score (nSPS) is 29.8. The zero-order valence-electron chi connectivity index (χ0n) is 20.0. The van der Waals surface area contributed by atoms with Crippen molar-refractivity contribution in [2.45, 2.75) is 66.0 Å². The maximum atomic E-state index is 12.9. The molecule has 0 radical (unpaired) electrons. The van der Waals surface area contributed by atoms with E-state index >= 15 is 0 Å². The maximum Gasteiger partial charge on any atom is 0.279 e. The Morgan fingerprint density at radius 1 is 1.06 bits per heavy atom. The van der Waals surface area contributed by atoms with Crippen LogP contribution in [0.5, 0.6) is 0 Å². The molecular formula is C25H42N4O2+2. The number of piperazine rings is 1. The van der Waals surface area contributed by atoms with Crippen molar-refractivity contribution in [2.75, 3.05) is 38.0 Å². The molecule has 0 aromatic heterocycles. The highest BCUT2D eigenvalue weighted by Gasteiger charge is 2.35. The molecule has 31 heavy (non-hydrogen) atoms. The Balaban J connectivity index is 1.44. The molecule has 172 valence electrons. The van der Waals surface area contributed by atoms with E-state index in [1.165, 1.54) is 22.6 Å². The average Bonchev–Trinajstić information content (AvgIpc) is 2.74. The van der Waals surface area contributed by atoms with Crippen LogP contribution < -0.4 is 20.4 Å². The van der Waals surface area contributed by atoms with E-state index in [0.29, 0.717) is 24.4 Å². The van der Waals surface area contributed by atoms with Crippen molar-refractivity contribution in [1.29, 1.82) is 0 Å². The van der Waals surface area contributed by atoms with Crippen LogP contribution in [0, 0.1) is 25.7 Å². The van der Waals surface area contributed by atoms with Gasteiger partial charge in [0.25, 0.3) is 11.8 Å². The zero-order chi connectivity index (χ0) is 22.5. The highest BCUT2D eigenvalue weighted by Crippen LogP contribution is 2.29. The minimum atomic E-state index is -0.0329. The lowest BCUT2D eigenvalue weighted by Crippen LogP contribution is -3.30. The standard InChI is InChI=1S/C25H40N4O2/c1-17-8-7-11-22(20(17)4)26-25(31)21(5)29-14-12-28(13-15-29)16-23(30)27-24-18(2)9-6-10-19(24)3/h6,9-10,17,20-22H,7-8,11-16H2,1-5H3,(H,26,31)(H,27,30)/p+2/t17-,20-,21-,22+/m0/s1. The number of carbonyl (C=O) groups is 2. The van der Waals surface area contributed by atoms with E-state index in [1.54, 1.807) is 0 Å². The fourth-order valence-electron chi connectivity index (χ4n) is 5.24. The van der Waals surface area contributed by atoms with Crippen molar-refractivity contribution >= 4 is 17.5 Å². The van der Waals surface area contributed by atoms with Crippen LogP contribution in [-0.2, 0) is 9.59 Å². The molecule has 2 fully saturated rings. The summed E-state index contributed by atoms with van der Waals surface area (Å²) in [4.78, 5) is 28.1. The third kappa shape index (κ3) is 6.07. The lowest BCUT2D eigenvalue weighted by molar-refractivity contribution is -1.01. The molecule has 0 spiro atoms. The average molecular weight is 431 g/mol. The van der Waals surface area contributed by atoms with Crippen LogP contribution in [0.2, 0.25) is 0 Å². The molecule has 1 aliphatic heterocycles. The monoisotopic (exact) mass is 430 g/mol. The summed E-state index contributed by atoms with van der Waals surface area (Å²) in [6.07, 6.45) is 3.59. The molecule has 3 rings (SSSR count). The van der Waals surface area contributed by atoms with Gasteiger partial charge in [0.1, 0.15) is 26.2 Å². The lowest BCUT2D eigenvalue weighted by Gasteiger charge is -2.36. The summed E-state index contributed by atoms with van der Waals surface area (Å²) in [5.41, 5.74) is 3.13. The Labute approximate surface area is 187 Å². The first kappa shape index (κ1) is 23.7. The minimum Gasteiger partial charge on any atom is -0.348 e. The van der Waals surface area contributed by atoms with Gasteiger partial charge in [0.05, 0.1) is 0 Å². The van der Waals surface area contributed by atoms with Crippen LogP contribution in [0.15, 0.2) is 18.2 Å². The number of nitrogens with one attached hydrogen (secondary N) is 4. The second-order valence-electron chi connectivity index (χ2n) is 10.0. The number of anilines is 1. The minimum absolute atomic E-state index is 0.0329. The van der Waals surface area contributed by atoms with E-state index in [4.69, 9.17) is 0 Å². The zero-order valence-corrected chi connectivity index (χ0v) is 20.0. The van der Waals surface area contributed by atoms with Gasteiger partial charge in [0.2, 0.25) is 0 Å². The molecule has 2 amide bonds. The highest BCUT2D eigenvalue weighted by molar-refractivity contribution is 5.93. The van der Waals surface area contributed by atoms with Gasteiger partial charge in [-0.2, -0.15) is 0 Å². The van der Waals surface area contributed by atoms with Crippen molar-refractivity contribution in [1.82, 2.24) is 5.32 Å². The number of hydrogen-bond donors (Lipinski definition) is 4. The molecule has 1 aromatic rings. The van der Waals surface area contributed by atoms with E-state index < -0.39 is 0 Å². The molecule has 1 aromatic carbocycles. The summed E-state index contributed by atoms with van der Waals surface area (Å²) in [7, 11) is 0. The van der Waals surface area contributed by atoms with E-state index in [1.807, 2.05) is 32.0 Å². The van der Waals surface area contributed by atoms with Gasteiger partial charge >= 0.3 is 0 Å². The summed E-state index contributed by atoms with van der Waals surface area (Å²) >= 11 is 0. The van der Waals surface area contributed by atoms with Crippen molar-refractivity contribution in [3.05, 3.63) is 29.3 Å². The summed E-state index contributed by atoms with van der Waals surface area (Å²) in [5.74, 6) is 1.50. The first-order valence-electron chi connectivity index (χ1n) is 12.1. The molecule has 4 atom stereocenters. The van der Waals surface area contributed by atoms with Crippen LogP contribution in [-0.4, -0.2) is 56.6 Å². The number of hydrogen-bond acceptors (Lipinski definition) is 2. The largest absolute Gasteiger partial charge is 0.348 e. The van der Waals surface area contributed by atoms with Gasteiger partial charge in [0.15, 0.2) is 12.6 Å².